The van der Waals surface area contributed by atoms with E-state index in [-0.39, 0.29) is 30.5 Å². The second-order valence-electron chi connectivity index (χ2n) is 7.54. The number of aromatic amines is 1. The Bertz CT molecular complexity index is 1230. The topological polar surface area (TPSA) is 93.6 Å². The highest BCUT2D eigenvalue weighted by atomic mass is 16.5. The quantitative estimate of drug-likeness (QED) is 0.657. The molecule has 1 amide bonds. The van der Waals surface area contributed by atoms with E-state index in [0.29, 0.717) is 28.9 Å². The van der Waals surface area contributed by atoms with Crippen molar-refractivity contribution < 1.29 is 14.3 Å². The fourth-order valence-electron chi connectivity index (χ4n) is 4.24. The molecule has 4 rings (SSSR count). The number of nitrogens with one attached hydrogen (secondary N) is 1. The molecule has 1 N–H and O–H groups in total. The average molecular weight is 423 g/mol. The number of fused-ring (bicyclic) bond motifs is 1. The van der Waals surface area contributed by atoms with Gasteiger partial charge in [-0.2, -0.15) is 0 Å². The van der Waals surface area contributed by atoms with Gasteiger partial charge >= 0.3 is 5.69 Å². The number of amides is 1. The Morgan fingerprint density at radius 3 is 2.71 bits per heavy atom. The molecule has 1 fully saturated rings. The van der Waals surface area contributed by atoms with E-state index in [9.17, 15) is 14.4 Å². The maximum absolute atomic E-state index is 13.0. The standard InChI is InChI=1S/C23H25N3O5/c1-30-15-9-10-17(20(14-15)31-2)19-8-5-12-25(19)21(27)11-13-26-22(28)16-6-3-4-7-18(16)24-23(26)29/h3-4,6-7,9-10,14,19H,5,8,11-13H2,1-2H3,(H,24,29). The number of likely N-dealkylation sites (tertiary alicyclic amines) is 1. The normalized spacial score (nSPS) is 15.9. The van der Waals surface area contributed by atoms with Gasteiger partial charge in [-0.3, -0.25) is 14.2 Å². The molecule has 1 saturated heterocycles. The minimum absolute atomic E-state index is 0.0286. The molecule has 1 aromatic heterocycles. The summed E-state index contributed by atoms with van der Waals surface area (Å²) in [5, 5.41) is 0.427. The third-order valence-electron chi connectivity index (χ3n) is 5.81. The number of carbonyl (C=O) groups excluding carboxylic acids is 1. The van der Waals surface area contributed by atoms with Gasteiger partial charge in [-0.05, 0) is 37.1 Å². The van der Waals surface area contributed by atoms with Gasteiger partial charge in [0.05, 0.1) is 31.2 Å². The lowest BCUT2D eigenvalue weighted by molar-refractivity contribution is -0.132. The molecular weight excluding hydrogens is 398 g/mol. The highest BCUT2D eigenvalue weighted by Gasteiger charge is 2.31. The number of para-hydroxylation sites is 1. The summed E-state index contributed by atoms with van der Waals surface area (Å²) in [6.07, 6.45) is 1.77. The van der Waals surface area contributed by atoms with Crippen molar-refractivity contribution in [2.24, 2.45) is 0 Å². The number of nitrogens with zero attached hydrogens (tertiary/aromatic N) is 2. The maximum atomic E-state index is 13.0. The van der Waals surface area contributed by atoms with Crippen LogP contribution in [0, 0.1) is 0 Å². The number of H-pyrrole nitrogens is 1. The Morgan fingerprint density at radius 1 is 1.13 bits per heavy atom. The summed E-state index contributed by atoms with van der Waals surface area (Å²) < 4.78 is 11.9. The van der Waals surface area contributed by atoms with Crippen LogP contribution in [0.4, 0.5) is 0 Å². The zero-order valence-corrected chi connectivity index (χ0v) is 17.6. The number of methoxy groups -OCH3 is 2. The Morgan fingerprint density at radius 2 is 1.94 bits per heavy atom. The molecule has 3 aromatic rings. The van der Waals surface area contributed by atoms with E-state index in [1.54, 1.807) is 38.5 Å². The summed E-state index contributed by atoms with van der Waals surface area (Å²) in [6, 6.07) is 12.3. The van der Waals surface area contributed by atoms with Crippen molar-refractivity contribution >= 4 is 16.8 Å². The molecule has 0 saturated carbocycles. The lowest BCUT2D eigenvalue weighted by Crippen LogP contribution is -2.37. The van der Waals surface area contributed by atoms with Gasteiger partial charge < -0.3 is 19.4 Å². The number of benzene rings is 2. The summed E-state index contributed by atoms with van der Waals surface area (Å²) in [6.45, 7) is 0.655. The van der Waals surface area contributed by atoms with E-state index in [2.05, 4.69) is 4.98 Å². The highest BCUT2D eigenvalue weighted by Crippen LogP contribution is 2.38. The van der Waals surface area contributed by atoms with Crippen molar-refractivity contribution in [2.75, 3.05) is 20.8 Å². The fraction of sp³-hybridized carbons (Fsp3) is 0.348. The molecule has 8 nitrogen and oxygen atoms in total. The number of ether oxygens (including phenoxy) is 2. The van der Waals surface area contributed by atoms with E-state index >= 15 is 0 Å². The lowest BCUT2D eigenvalue weighted by atomic mass is 10.0. The fourth-order valence-corrected chi connectivity index (χ4v) is 4.24. The second-order valence-corrected chi connectivity index (χ2v) is 7.54. The first-order chi connectivity index (χ1) is 15.0. The maximum Gasteiger partial charge on any atom is 0.328 e. The number of hydrogen-bond donors (Lipinski definition) is 1. The number of hydrogen-bond acceptors (Lipinski definition) is 5. The predicted octanol–water partition coefficient (Wildman–Crippen LogP) is 2.46. The SMILES string of the molecule is COc1ccc(C2CCCN2C(=O)CCn2c(=O)[nH]c3ccccc3c2=O)c(OC)c1. The third kappa shape index (κ3) is 3.93. The molecule has 0 aliphatic carbocycles. The Labute approximate surface area is 179 Å². The van der Waals surface area contributed by atoms with Crippen molar-refractivity contribution in [1.29, 1.82) is 0 Å². The summed E-state index contributed by atoms with van der Waals surface area (Å²) >= 11 is 0. The molecule has 8 heteroatoms. The second kappa shape index (κ2) is 8.67. The first-order valence-electron chi connectivity index (χ1n) is 10.3. The third-order valence-corrected chi connectivity index (χ3v) is 5.81. The minimum atomic E-state index is -0.508. The van der Waals surface area contributed by atoms with Crippen LogP contribution in [-0.2, 0) is 11.3 Å². The summed E-state index contributed by atoms with van der Waals surface area (Å²) in [4.78, 5) is 42.6. The number of aromatic nitrogens is 2. The van der Waals surface area contributed by atoms with Crippen LogP contribution in [0.15, 0.2) is 52.1 Å². The average Bonchev–Trinajstić information content (AvgIpc) is 3.28. The van der Waals surface area contributed by atoms with Crippen LogP contribution in [0.2, 0.25) is 0 Å². The van der Waals surface area contributed by atoms with Crippen molar-refractivity contribution in [2.45, 2.75) is 31.8 Å². The molecule has 1 atom stereocenters. The van der Waals surface area contributed by atoms with Crippen molar-refractivity contribution in [3.8, 4) is 11.5 Å². The van der Waals surface area contributed by atoms with E-state index in [0.717, 1.165) is 23.0 Å². The molecule has 0 spiro atoms. The van der Waals surface area contributed by atoms with Crippen LogP contribution in [0.3, 0.4) is 0 Å². The van der Waals surface area contributed by atoms with Gasteiger partial charge in [0.1, 0.15) is 11.5 Å². The Hall–Kier alpha value is -3.55. The van der Waals surface area contributed by atoms with Gasteiger partial charge in [-0.15, -0.1) is 0 Å². The first-order valence-corrected chi connectivity index (χ1v) is 10.3. The lowest BCUT2D eigenvalue weighted by Gasteiger charge is -2.26. The van der Waals surface area contributed by atoms with E-state index in [1.807, 2.05) is 23.1 Å². The molecular formula is C23H25N3O5. The summed E-state index contributed by atoms with van der Waals surface area (Å²) in [5.74, 6) is 1.26. The van der Waals surface area contributed by atoms with Gasteiger partial charge in [-0.25, -0.2) is 4.79 Å². The van der Waals surface area contributed by atoms with Gasteiger partial charge in [0, 0.05) is 31.1 Å². The first kappa shape index (κ1) is 20.7. The Kier molecular flexibility index (Phi) is 5.79. The zero-order chi connectivity index (χ0) is 22.0. The molecule has 162 valence electrons. The monoisotopic (exact) mass is 423 g/mol. The van der Waals surface area contributed by atoms with Crippen molar-refractivity contribution in [1.82, 2.24) is 14.5 Å². The van der Waals surface area contributed by atoms with Gasteiger partial charge in [0.15, 0.2) is 0 Å². The highest BCUT2D eigenvalue weighted by molar-refractivity contribution is 5.78. The number of carbonyl (C=O) groups is 1. The molecule has 2 heterocycles. The predicted molar refractivity (Wildman–Crippen MR) is 117 cm³/mol. The summed E-state index contributed by atoms with van der Waals surface area (Å²) in [5.41, 5.74) is 0.523. The van der Waals surface area contributed by atoms with Crippen molar-refractivity contribution in [3.05, 3.63) is 68.9 Å². The van der Waals surface area contributed by atoms with Crippen LogP contribution in [0.5, 0.6) is 11.5 Å². The molecule has 0 bridgehead atoms. The minimum Gasteiger partial charge on any atom is -0.497 e. The largest absolute Gasteiger partial charge is 0.497 e. The summed E-state index contributed by atoms with van der Waals surface area (Å²) in [7, 11) is 3.19. The van der Waals surface area contributed by atoms with Crippen molar-refractivity contribution in [3.63, 3.8) is 0 Å². The van der Waals surface area contributed by atoms with E-state index < -0.39 is 5.69 Å². The van der Waals surface area contributed by atoms with Crippen LogP contribution in [-0.4, -0.2) is 41.1 Å². The molecule has 31 heavy (non-hydrogen) atoms. The smallest absolute Gasteiger partial charge is 0.328 e. The van der Waals surface area contributed by atoms with Crippen LogP contribution in [0.1, 0.15) is 30.9 Å². The molecule has 1 unspecified atom stereocenters. The van der Waals surface area contributed by atoms with Gasteiger partial charge in [0.2, 0.25) is 5.91 Å². The van der Waals surface area contributed by atoms with Crippen LogP contribution >= 0.6 is 0 Å². The molecule has 2 aromatic carbocycles. The van der Waals surface area contributed by atoms with E-state index in [4.69, 9.17) is 9.47 Å². The molecule has 0 radical (unpaired) electrons. The van der Waals surface area contributed by atoms with Crippen LogP contribution in [0.25, 0.3) is 10.9 Å². The number of rotatable bonds is 6. The zero-order valence-electron chi connectivity index (χ0n) is 17.6. The van der Waals surface area contributed by atoms with Gasteiger partial charge in [0.25, 0.3) is 5.56 Å². The van der Waals surface area contributed by atoms with E-state index in [1.165, 1.54) is 0 Å². The molecule has 1 aliphatic heterocycles. The Balaban J connectivity index is 1.55. The molecule has 1 aliphatic rings. The van der Waals surface area contributed by atoms with Crippen LogP contribution < -0.4 is 20.7 Å². The van der Waals surface area contributed by atoms with Gasteiger partial charge in [-0.1, -0.05) is 12.1 Å².